The highest BCUT2D eigenvalue weighted by atomic mass is 32.2. The maximum Gasteiger partial charge on any atom is 0.255 e. The summed E-state index contributed by atoms with van der Waals surface area (Å²) in [6, 6.07) is 4.09. The predicted octanol–water partition coefficient (Wildman–Crippen LogP) is 1.49. The van der Waals surface area contributed by atoms with Crippen LogP contribution in [0.1, 0.15) is 29.0 Å². The van der Waals surface area contributed by atoms with Crippen molar-refractivity contribution in [2.45, 2.75) is 31.0 Å². The zero-order valence-corrected chi connectivity index (χ0v) is 14.6. The summed E-state index contributed by atoms with van der Waals surface area (Å²) in [6.07, 6.45) is 5.28. The number of aryl methyl sites for hydroxylation is 1. The molecule has 0 bridgehead atoms. The zero-order valence-electron chi connectivity index (χ0n) is 13.7. The van der Waals surface area contributed by atoms with E-state index in [2.05, 4.69) is 25.5 Å². The lowest BCUT2D eigenvalue weighted by molar-refractivity contribution is 0.0705. The molecular formula is C16H22N6OS. The van der Waals surface area contributed by atoms with Crippen LogP contribution in [0.2, 0.25) is 0 Å². The molecule has 7 nitrogen and oxygen atoms in total. The second-order valence-corrected chi connectivity index (χ2v) is 6.88. The summed E-state index contributed by atoms with van der Waals surface area (Å²) in [6.45, 7) is 4.40. The van der Waals surface area contributed by atoms with Crippen molar-refractivity contribution >= 4 is 17.7 Å². The Kier molecular flexibility index (Phi) is 5.81. The SMILES string of the molecule is Cc1nc(SCCNC2CCN(C(=O)c3cccnc3)CC2)n[nH]1. The molecule has 1 amide bonds. The van der Waals surface area contributed by atoms with Crippen LogP contribution in [0, 0.1) is 6.92 Å². The molecule has 1 aliphatic rings. The summed E-state index contributed by atoms with van der Waals surface area (Å²) in [4.78, 5) is 22.6. The fourth-order valence-electron chi connectivity index (χ4n) is 2.75. The molecule has 128 valence electrons. The van der Waals surface area contributed by atoms with Gasteiger partial charge in [-0.1, -0.05) is 11.8 Å². The number of rotatable bonds is 6. The van der Waals surface area contributed by atoms with Crippen LogP contribution in [-0.2, 0) is 0 Å². The number of nitrogens with one attached hydrogen (secondary N) is 2. The fourth-order valence-corrected chi connectivity index (χ4v) is 3.46. The maximum absolute atomic E-state index is 12.4. The Morgan fingerprint density at radius 1 is 1.46 bits per heavy atom. The highest BCUT2D eigenvalue weighted by molar-refractivity contribution is 7.99. The van der Waals surface area contributed by atoms with Gasteiger partial charge in [0.15, 0.2) is 0 Å². The molecule has 0 unspecified atom stereocenters. The van der Waals surface area contributed by atoms with E-state index in [9.17, 15) is 4.79 Å². The van der Waals surface area contributed by atoms with Crippen molar-refractivity contribution in [2.24, 2.45) is 0 Å². The summed E-state index contributed by atoms with van der Waals surface area (Å²) in [7, 11) is 0. The lowest BCUT2D eigenvalue weighted by atomic mass is 10.0. The van der Waals surface area contributed by atoms with Gasteiger partial charge >= 0.3 is 0 Å². The molecule has 8 heteroatoms. The molecule has 0 spiro atoms. The number of hydrogen-bond donors (Lipinski definition) is 2. The van der Waals surface area contributed by atoms with Gasteiger partial charge in [0.25, 0.3) is 5.91 Å². The average Bonchev–Trinajstić information content (AvgIpc) is 3.05. The number of carbonyl (C=O) groups is 1. The van der Waals surface area contributed by atoms with Crippen LogP contribution in [0.3, 0.4) is 0 Å². The average molecular weight is 346 g/mol. The normalized spacial score (nSPS) is 15.6. The predicted molar refractivity (Wildman–Crippen MR) is 93.0 cm³/mol. The van der Waals surface area contributed by atoms with Crippen molar-refractivity contribution in [1.29, 1.82) is 0 Å². The van der Waals surface area contributed by atoms with Gasteiger partial charge < -0.3 is 10.2 Å². The second kappa shape index (κ2) is 8.25. The molecule has 1 aliphatic heterocycles. The van der Waals surface area contributed by atoms with Crippen LogP contribution in [0.4, 0.5) is 0 Å². The quantitative estimate of drug-likeness (QED) is 0.609. The first kappa shape index (κ1) is 16.9. The highest BCUT2D eigenvalue weighted by Gasteiger charge is 2.23. The molecule has 3 rings (SSSR count). The van der Waals surface area contributed by atoms with Crippen molar-refractivity contribution in [3.8, 4) is 0 Å². The Morgan fingerprint density at radius 2 is 2.29 bits per heavy atom. The fraction of sp³-hybridized carbons (Fsp3) is 0.500. The van der Waals surface area contributed by atoms with E-state index in [1.54, 1.807) is 30.2 Å². The van der Waals surface area contributed by atoms with Crippen molar-refractivity contribution in [1.82, 2.24) is 30.4 Å². The monoisotopic (exact) mass is 346 g/mol. The molecule has 0 radical (unpaired) electrons. The number of amides is 1. The molecule has 2 aromatic heterocycles. The van der Waals surface area contributed by atoms with Gasteiger partial charge in [-0.15, -0.1) is 5.10 Å². The first-order chi connectivity index (χ1) is 11.7. The third-order valence-corrected chi connectivity index (χ3v) is 4.88. The van der Waals surface area contributed by atoms with Gasteiger partial charge in [0.2, 0.25) is 5.16 Å². The highest BCUT2D eigenvalue weighted by Crippen LogP contribution is 2.15. The van der Waals surface area contributed by atoms with E-state index in [1.807, 2.05) is 17.9 Å². The number of pyridine rings is 1. The van der Waals surface area contributed by atoms with Gasteiger partial charge in [-0.05, 0) is 31.9 Å². The maximum atomic E-state index is 12.4. The lowest BCUT2D eigenvalue weighted by Gasteiger charge is -2.32. The number of aromatic nitrogens is 4. The van der Waals surface area contributed by atoms with Crippen LogP contribution in [-0.4, -0.2) is 62.4 Å². The molecule has 1 saturated heterocycles. The minimum atomic E-state index is 0.0806. The van der Waals surface area contributed by atoms with Crippen LogP contribution < -0.4 is 5.32 Å². The van der Waals surface area contributed by atoms with E-state index in [-0.39, 0.29) is 5.91 Å². The Hall–Kier alpha value is -1.93. The van der Waals surface area contributed by atoms with Gasteiger partial charge in [0.1, 0.15) is 5.82 Å². The Bertz CT molecular complexity index is 654. The van der Waals surface area contributed by atoms with E-state index < -0.39 is 0 Å². The summed E-state index contributed by atoms with van der Waals surface area (Å²) >= 11 is 1.65. The van der Waals surface area contributed by atoms with E-state index >= 15 is 0 Å². The third-order valence-electron chi connectivity index (χ3n) is 4.03. The van der Waals surface area contributed by atoms with E-state index in [1.165, 1.54) is 0 Å². The van der Waals surface area contributed by atoms with Gasteiger partial charge in [-0.2, -0.15) is 0 Å². The zero-order chi connectivity index (χ0) is 16.8. The largest absolute Gasteiger partial charge is 0.338 e. The van der Waals surface area contributed by atoms with E-state index in [4.69, 9.17) is 0 Å². The molecule has 0 aliphatic carbocycles. The van der Waals surface area contributed by atoms with Gasteiger partial charge in [0.05, 0.1) is 5.56 Å². The van der Waals surface area contributed by atoms with Crippen LogP contribution in [0.15, 0.2) is 29.7 Å². The molecule has 1 fully saturated rings. The van der Waals surface area contributed by atoms with Crippen molar-refractivity contribution in [3.63, 3.8) is 0 Å². The minimum absolute atomic E-state index is 0.0806. The molecule has 3 heterocycles. The van der Waals surface area contributed by atoms with Gasteiger partial charge in [-0.25, -0.2) is 4.98 Å². The topological polar surface area (TPSA) is 86.8 Å². The number of H-pyrrole nitrogens is 1. The number of likely N-dealkylation sites (tertiary alicyclic amines) is 1. The van der Waals surface area contributed by atoms with Crippen LogP contribution in [0.25, 0.3) is 0 Å². The molecule has 0 atom stereocenters. The van der Waals surface area contributed by atoms with Crippen LogP contribution >= 0.6 is 11.8 Å². The summed E-state index contributed by atoms with van der Waals surface area (Å²) in [5.74, 6) is 1.86. The first-order valence-corrected chi connectivity index (χ1v) is 9.15. The second-order valence-electron chi connectivity index (χ2n) is 5.81. The Balaban J connectivity index is 1.35. The van der Waals surface area contributed by atoms with E-state index in [0.717, 1.165) is 49.2 Å². The van der Waals surface area contributed by atoms with Crippen molar-refractivity contribution in [2.75, 3.05) is 25.4 Å². The number of aromatic amines is 1. The van der Waals surface area contributed by atoms with Gasteiger partial charge in [0, 0.05) is 43.8 Å². The number of carbonyl (C=O) groups excluding carboxylic acids is 1. The number of hydrogen-bond acceptors (Lipinski definition) is 6. The Labute approximate surface area is 145 Å². The van der Waals surface area contributed by atoms with Gasteiger partial charge in [-0.3, -0.25) is 14.9 Å². The Morgan fingerprint density at radius 3 is 2.96 bits per heavy atom. The molecular weight excluding hydrogens is 324 g/mol. The third kappa shape index (κ3) is 4.55. The lowest BCUT2D eigenvalue weighted by Crippen LogP contribution is -2.45. The molecule has 0 aromatic carbocycles. The first-order valence-electron chi connectivity index (χ1n) is 8.17. The summed E-state index contributed by atoms with van der Waals surface area (Å²) in [5, 5.41) is 11.3. The summed E-state index contributed by atoms with van der Waals surface area (Å²) < 4.78 is 0. The van der Waals surface area contributed by atoms with Crippen LogP contribution in [0.5, 0.6) is 0 Å². The van der Waals surface area contributed by atoms with E-state index in [0.29, 0.717) is 11.6 Å². The molecule has 0 saturated carbocycles. The smallest absolute Gasteiger partial charge is 0.255 e. The molecule has 24 heavy (non-hydrogen) atoms. The van der Waals surface area contributed by atoms with Crippen molar-refractivity contribution in [3.05, 3.63) is 35.9 Å². The number of thioether (sulfide) groups is 1. The standard InChI is InChI=1S/C16H22N6OS/c1-12-19-16(21-20-12)24-10-7-18-14-4-8-22(9-5-14)15(23)13-3-2-6-17-11-13/h2-3,6,11,14,18H,4-5,7-10H2,1H3,(H,19,20,21). The number of piperidine rings is 1. The molecule has 2 aromatic rings. The number of nitrogens with zero attached hydrogens (tertiary/aromatic N) is 4. The minimum Gasteiger partial charge on any atom is -0.338 e. The molecule has 2 N–H and O–H groups in total. The summed E-state index contributed by atoms with van der Waals surface area (Å²) in [5.41, 5.74) is 0.669. The van der Waals surface area contributed by atoms with Crippen molar-refractivity contribution < 1.29 is 4.79 Å².